The first-order valence-corrected chi connectivity index (χ1v) is 4.98. The number of azo groups is 1. The molecule has 0 aromatic heterocycles. The van der Waals surface area contributed by atoms with E-state index < -0.39 is 0 Å². The lowest BCUT2D eigenvalue weighted by Crippen LogP contribution is -1.75. The topological polar surface area (TPSA) is 65.2 Å². The van der Waals surface area contributed by atoms with Gasteiger partial charge < -0.3 is 10.0 Å². The fraction of sp³-hybridized carbons (Fsp3) is 0. The summed E-state index contributed by atoms with van der Waals surface area (Å²) in [7, 11) is 0. The van der Waals surface area contributed by atoms with Crippen molar-refractivity contribution in [3.63, 3.8) is 0 Å². The summed E-state index contributed by atoms with van der Waals surface area (Å²) < 4.78 is 0. The highest BCUT2D eigenvalue weighted by molar-refractivity contribution is 6.13. The van der Waals surface area contributed by atoms with Gasteiger partial charge in [0.05, 0.1) is 11.4 Å². The Balaban J connectivity index is 0.000000437. The van der Waals surface area contributed by atoms with E-state index in [1.54, 1.807) is 0 Å². The standard InChI is InChI=1S/C12H10N2.BH2O2/c1-3-7-11(8-4-1)13-14-12-9-5-2-6-10-12;2-1-3/h1-10H;2-3H. The van der Waals surface area contributed by atoms with Crippen molar-refractivity contribution < 1.29 is 10.0 Å². The highest BCUT2D eigenvalue weighted by Gasteiger charge is 1.86. The lowest BCUT2D eigenvalue weighted by molar-refractivity contribution is 0.448. The van der Waals surface area contributed by atoms with Crippen LogP contribution in [0, 0.1) is 0 Å². The van der Waals surface area contributed by atoms with Crippen LogP contribution in [0.2, 0.25) is 0 Å². The average molecular weight is 227 g/mol. The smallest absolute Gasteiger partial charge is 0.429 e. The Morgan fingerprint density at radius 2 is 0.941 bits per heavy atom. The molecule has 2 aromatic carbocycles. The van der Waals surface area contributed by atoms with E-state index in [0.717, 1.165) is 11.4 Å². The third-order valence-corrected chi connectivity index (χ3v) is 1.79. The van der Waals surface area contributed by atoms with Gasteiger partial charge in [0, 0.05) is 0 Å². The summed E-state index contributed by atoms with van der Waals surface area (Å²) in [5.41, 5.74) is 1.74. The van der Waals surface area contributed by atoms with Gasteiger partial charge in [0.25, 0.3) is 0 Å². The highest BCUT2D eigenvalue weighted by Crippen LogP contribution is 2.16. The number of rotatable bonds is 2. The zero-order valence-corrected chi connectivity index (χ0v) is 9.14. The van der Waals surface area contributed by atoms with Crippen LogP contribution in [-0.2, 0) is 0 Å². The molecule has 0 amide bonds. The zero-order chi connectivity index (χ0) is 12.3. The minimum atomic E-state index is 0. The molecule has 0 fully saturated rings. The quantitative estimate of drug-likeness (QED) is 0.611. The van der Waals surface area contributed by atoms with Crippen LogP contribution >= 0.6 is 0 Å². The molecule has 0 saturated heterocycles. The van der Waals surface area contributed by atoms with E-state index in [0.29, 0.717) is 0 Å². The summed E-state index contributed by atoms with van der Waals surface area (Å²) >= 11 is 0. The monoisotopic (exact) mass is 227 g/mol. The Labute approximate surface area is 101 Å². The van der Waals surface area contributed by atoms with E-state index in [1.165, 1.54) is 0 Å². The minimum Gasteiger partial charge on any atom is -0.429 e. The molecular weight excluding hydrogens is 215 g/mol. The summed E-state index contributed by atoms with van der Waals surface area (Å²) in [4.78, 5) is 0. The maximum atomic E-state index is 7.00. The second-order valence-electron chi connectivity index (χ2n) is 2.99. The molecule has 4 nitrogen and oxygen atoms in total. The van der Waals surface area contributed by atoms with Gasteiger partial charge >= 0.3 is 7.69 Å². The van der Waals surface area contributed by atoms with Crippen LogP contribution in [0.5, 0.6) is 0 Å². The van der Waals surface area contributed by atoms with Crippen molar-refractivity contribution >= 4 is 19.1 Å². The maximum absolute atomic E-state index is 7.00. The fourth-order valence-electron chi connectivity index (χ4n) is 1.10. The van der Waals surface area contributed by atoms with Crippen LogP contribution in [-0.4, -0.2) is 17.7 Å². The van der Waals surface area contributed by atoms with E-state index in [-0.39, 0.29) is 7.69 Å². The van der Waals surface area contributed by atoms with Crippen LogP contribution in [0.3, 0.4) is 0 Å². The molecule has 0 atom stereocenters. The first kappa shape index (κ1) is 13.1. The van der Waals surface area contributed by atoms with Gasteiger partial charge in [-0.1, -0.05) is 36.4 Å². The number of nitrogens with zero attached hydrogens (tertiary/aromatic N) is 2. The molecule has 0 unspecified atom stereocenters. The molecule has 0 aliphatic rings. The number of benzene rings is 2. The lowest BCUT2D eigenvalue weighted by Gasteiger charge is -1.91. The van der Waals surface area contributed by atoms with Gasteiger partial charge in [-0.15, -0.1) is 0 Å². The second kappa shape index (κ2) is 8.21. The van der Waals surface area contributed by atoms with Crippen molar-refractivity contribution in [1.29, 1.82) is 0 Å². The van der Waals surface area contributed by atoms with Crippen molar-refractivity contribution in [3.8, 4) is 0 Å². The average Bonchev–Trinajstić information content (AvgIpc) is 2.40. The summed E-state index contributed by atoms with van der Waals surface area (Å²) in [5.74, 6) is 0. The summed E-state index contributed by atoms with van der Waals surface area (Å²) in [5, 5.41) is 22.2. The third kappa shape index (κ3) is 5.60. The summed E-state index contributed by atoms with van der Waals surface area (Å²) in [6.45, 7) is 0. The Morgan fingerprint density at radius 3 is 1.24 bits per heavy atom. The normalized spacial score (nSPS) is 9.53. The first-order chi connectivity index (χ1) is 8.36. The highest BCUT2D eigenvalue weighted by atomic mass is 16.4. The predicted octanol–water partition coefficient (Wildman–Crippen LogP) is 2.61. The van der Waals surface area contributed by atoms with Gasteiger partial charge in [0.2, 0.25) is 0 Å². The molecule has 0 aliphatic heterocycles. The molecule has 0 saturated carbocycles. The Bertz CT molecular complexity index is 393. The van der Waals surface area contributed by atoms with Gasteiger partial charge in [-0.25, -0.2) is 0 Å². The van der Waals surface area contributed by atoms with Gasteiger partial charge in [-0.3, -0.25) is 0 Å². The first-order valence-electron chi connectivity index (χ1n) is 4.98. The number of hydrogen-bond donors (Lipinski definition) is 2. The predicted molar refractivity (Wildman–Crippen MR) is 67.3 cm³/mol. The molecule has 2 aromatic rings. The van der Waals surface area contributed by atoms with Gasteiger partial charge in [-0.05, 0) is 24.3 Å². The largest absolute Gasteiger partial charge is 0.482 e. The molecule has 2 rings (SSSR count). The van der Waals surface area contributed by atoms with Gasteiger partial charge in [0.15, 0.2) is 0 Å². The van der Waals surface area contributed by atoms with E-state index >= 15 is 0 Å². The van der Waals surface area contributed by atoms with E-state index in [2.05, 4.69) is 10.2 Å². The number of hydrogen-bond acceptors (Lipinski definition) is 4. The molecule has 17 heavy (non-hydrogen) atoms. The summed E-state index contributed by atoms with van der Waals surface area (Å²) in [6, 6.07) is 19.4. The van der Waals surface area contributed by atoms with Gasteiger partial charge in [-0.2, -0.15) is 10.2 Å². The third-order valence-electron chi connectivity index (χ3n) is 1.79. The molecule has 0 bridgehead atoms. The molecule has 2 N–H and O–H groups in total. The summed E-state index contributed by atoms with van der Waals surface area (Å²) in [6.07, 6.45) is 0. The van der Waals surface area contributed by atoms with Crippen LogP contribution in [0.15, 0.2) is 70.9 Å². The fourth-order valence-corrected chi connectivity index (χ4v) is 1.10. The van der Waals surface area contributed by atoms with Crippen LogP contribution in [0.1, 0.15) is 0 Å². The minimum absolute atomic E-state index is 0. The molecular formula is C12H12BN2O2. The van der Waals surface area contributed by atoms with Crippen molar-refractivity contribution in [1.82, 2.24) is 0 Å². The molecule has 0 aliphatic carbocycles. The van der Waals surface area contributed by atoms with Crippen LogP contribution in [0.25, 0.3) is 0 Å². The Hall–Kier alpha value is -1.98. The Kier molecular flexibility index (Phi) is 6.32. The second-order valence-corrected chi connectivity index (χ2v) is 2.99. The molecule has 85 valence electrons. The van der Waals surface area contributed by atoms with E-state index in [9.17, 15) is 0 Å². The van der Waals surface area contributed by atoms with Crippen molar-refractivity contribution in [3.05, 3.63) is 60.7 Å². The maximum Gasteiger partial charge on any atom is 0.482 e. The molecule has 0 heterocycles. The van der Waals surface area contributed by atoms with E-state index in [1.807, 2.05) is 60.7 Å². The lowest BCUT2D eigenvalue weighted by atomic mass is 10.3. The van der Waals surface area contributed by atoms with Crippen LogP contribution in [0.4, 0.5) is 11.4 Å². The van der Waals surface area contributed by atoms with Crippen molar-refractivity contribution in [2.45, 2.75) is 0 Å². The zero-order valence-electron chi connectivity index (χ0n) is 9.14. The van der Waals surface area contributed by atoms with Crippen molar-refractivity contribution in [2.24, 2.45) is 10.2 Å². The molecule has 0 spiro atoms. The molecule has 5 heteroatoms. The van der Waals surface area contributed by atoms with Crippen LogP contribution < -0.4 is 0 Å². The molecule has 1 radical (unpaired) electrons. The SMILES string of the molecule is O[B]O.c1ccc(N=Nc2ccccc2)cc1. The van der Waals surface area contributed by atoms with Crippen molar-refractivity contribution in [2.75, 3.05) is 0 Å². The Morgan fingerprint density at radius 1 is 0.647 bits per heavy atom. The van der Waals surface area contributed by atoms with E-state index in [4.69, 9.17) is 10.0 Å². The van der Waals surface area contributed by atoms with Gasteiger partial charge in [0.1, 0.15) is 0 Å².